The summed E-state index contributed by atoms with van der Waals surface area (Å²) in [5, 5.41) is 9.67. The van der Waals surface area contributed by atoms with Crippen LogP contribution in [0.5, 0.6) is 0 Å². The highest BCUT2D eigenvalue weighted by Gasteiger charge is 2.06. The monoisotopic (exact) mass is 540 g/mol. The number of nitrogens with zero attached hydrogens (tertiary/aromatic N) is 2. The Morgan fingerprint density at radius 1 is 1.36 bits per heavy atom. The largest absolute Gasteiger partial charge is 0.356 e. The van der Waals surface area contributed by atoms with Gasteiger partial charge in [-0.3, -0.25) is 4.99 Å². The maximum Gasteiger partial charge on any atom is 0.191 e. The average Bonchev–Trinajstić information content (AvgIpc) is 3.03. The Hall–Kier alpha value is -0.740. The summed E-state index contributed by atoms with van der Waals surface area (Å²) in [6.07, 6.45) is 0.786. The van der Waals surface area contributed by atoms with Gasteiger partial charge in [0.1, 0.15) is 10.8 Å². The Bertz CT molecular complexity index is 706. The highest BCUT2D eigenvalue weighted by molar-refractivity contribution is 14.0. The molecule has 0 saturated carbocycles. The van der Waals surface area contributed by atoms with E-state index in [4.69, 9.17) is 0 Å². The van der Waals surface area contributed by atoms with Crippen molar-refractivity contribution in [3.05, 3.63) is 50.1 Å². The van der Waals surface area contributed by atoms with Crippen LogP contribution in [0, 0.1) is 5.82 Å². The lowest BCUT2D eigenvalue weighted by Gasteiger charge is -2.11. The first-order chi connectivity index (χ1) is 11.5. The number of nitrogens with one attached hydrogen (secondary N) is 2. The maximum atomic E-state index is 13.2. The molecule has 25 heavy (non-hydrogen) atoms. The summed E-state index contributed by atoms with van der Waals surface area (Å²) in [6, 6.07) is 5.07. The number of thiazole rings is 1. The Kier molecular flexibility index (Phi) is 9.88. The van der Waals surface area contributed by atoms with E-state index in [-0.39, 0.29) is 29.8 Å². The topological polar surface area (TPSA) is 49.3 Å². The number of hydrogen-bond acceptors (Lipinski definition) is 3. The second-order valence-electron chi connectivity index (χ2n) is 5.67. The maximum absolute atomic E-state index is 13.2. The smallest absolute Gasteiger partial charge is 0.191 e. The van der Waals surface area contributed by atoms with Crippen LogP contribution in [0.2, 0.25) is 0 Å². The van der Waals surface area contributed by atoms with Gasteiger partial charge in [0.25, 0.3) is 0 Å². The first-order valence-electron chi connectivity index (χ1n) is 7.82. The number of aliphatic imine (C=N–C) groups is 1. The molecule has 138 valence electrons. The number of halogens is 3. The van der Waals surface area contributed by atoms with Gasteiger partial charge in [-0.2, -0.15) is 0 Å². The van der Waals surface area contributed by atoms with E-state index in [0.717, 1.165) is 28.6 Å². The van der Waals surface area contributed by atoms with Gasteiger partial charge in [0.15, 0.2) is 5.96 Å². The zero-order valence-electron chi connectivity index (χ0n) is 14.5. The molecule has 1 aromatic carbocycles. The van der Waals surface area contributed by atoms with Crippen molar-refractivity contribution in [1.29, 1.82) is 0 Å². The predicted molar refractivity (Wildman–Crippen MR) is 118 cm³/mol. The lowest BCUT2D eigenvalue weighted by molar-refractivity contribution is 0.620. The van der Waals surface area contributed by atoms with Crippen LogP contribution in [-0.2, 0) is 13.0 Å². The summed E-state index contributed by atoms with van der Waals surface area (Å²) >= 11 is 4.86. The lowest BCUT2D eigenvalue weighted by Crippen LogP contribution is -2.37. The third-order valence-corrected chi connectivity index (χ3v) is 4.96. The van der Waals surface area contributed by atoms with Crippen molar-refractivity contribution in [2.24, 2.45) is 4.99 Å². The Morgan fingerprint density at radius 2 is 2.12 bits per heavy atom. The van der Waals surface area contributed by atoms with Crippen molar-refractivity contribution in [2.75, 3.05) is 13.6 Å². The van der Waals surface area contributed by atoms with E-state index in [1.807, 2.05) is 0 Å². The van der Waals surface area contributed by atoms with Crippen LogP contribution < -0.4 is 10.6 Å². The summed E-state index contributed by atoms with van der Waals surface area (Å²) in [7, 11) is 1.74. The van der Waals surface area contributed by atoms with Gasteiger partial charge in [-0.1, -0.05) is 19.9 Å². The molecule has 8 heteroatoms. The van der Waals surface area contributed by atoms with Gasteiger partial charge in [0.05, 0.1) is 16.7 Å². The zero-order valence-corrected chi connectivity index (χ0v) is 19.2. The van der Waals surface area contributed by atoms with E-state index < -0.39 is 0 Å². The van der Waals surface area contributed by atoms with Gasteiger partial charge in [0, 0.05) is 19.0 Å². The number of aromatic nitrogens is 1. The molecule has 2 N–H and O–H groups in total. The van der Waals surface area contributed by atoms with E-state index in [2.05, 4.69) is 55.8 Å². The van der Waals surface area contributed by atoms with Crippen LogP contribution in [0.15, 0.2) is 33.0 Å². The number of rotatable bonds is 6. The van der Waals surface area contributed by atoms with E-state index in [1.54, 1.807) is 30.5 Å². The van der Waals surface area contributed by atoms with Crippen LogP contribution in [0.4, 0.5) is 4.39 Å². The van der Waals surface area contributed by atoms with Crippen molar-refractivity contribution in [1.82, 2.24) is 15.6 Å². The molecule has 0 bridgehead atoms. The molecule has 1 heterocycles. The first kappa shape index (κ1) is 22.3. The summed E-state index contributed by atoms with van der Waals surface area (Å²) in [4.78, 5) is 8.80. The molecule has 0 aliphatic heterocycles. The van der Waals surface area contributed by atoms with Crippen LogP contribution >= 0.6 is 51.2 Å². The molecule has 0 radical (unpaired) electrons. The molecule has 0 fully saturated rings. The van der Waals surface area contributed by atoms with E-state index in [0.29, 0.717) is 23.5 Å². The minimum atomic E-state index is -0.242. The standard InChI is InChI=1S/C17H22BrFN4S.HI/c1-11(2)15-10-24-16(23-15)9-22-17(20-3)21-7-6-12-4-5-14(19)13(18)8-12;/h4-5,8,10-11H,6-7,9H2,1-3H3,(H2,20,21,22);1H. The molecule has 2 aromatic rings. The van der Waals surface area contributed by atoms with Crippen LogP contribution in [0.1, 0.15) is 36.0 Å². The van der Waals surface area contributed by atoms with Crippen LogP contribution in [-0.4, -0.2) is 24.5 Å². The van der Waals surface area contributed by atoms with Crippen molar-refractivity contribution in [3.63, 3.8) is 0 Å². The third-order valence-electron chi connectivity index (χ3n) is 3.48. The molecular weight excluding hydrogens is 518 g/mol. The molecule has 0 aliphatic carbocycles. The van der Waals surface area contributed by atoms with Crippen molar-refractivity contribution in [2.45, 2.75) is 32.7 Å². The van der Waals surface area contributed by atoms with Crippen molar-refractivity contribution in [3.8, 4) is 0 Å². The zero-order chi connectivity index (χ0) is 17.5. The SMILES string of the molecule is CN=C(NCCc1ccc(F)c(Br)c1)NCc1nc(C(C)C)cs1.I. The Balaban J connectivity index is 0.00000312. The number of hydrogen-bond donors (Lipinski definition) is 2. The number of benzene rings is 1. The summed E-state index contributed by atoms with van der Waals surface area (Å²) in [5.74, 6) is 0.938. The van der Waals surface area contributed by atoms with Gasteiger partial charge in [0.2, 0.25) is 0 Å². The third kappa shape index (κ3) is 7.18. The lowest BCUT2D eigenvalue weighted by atomic mass is 10.1. The van der Waals surface area contributed by atoms with E-state index in [9.17, 15) is 4.39 Å². The van der Waals surface area contributed by atoms with Crippen LogP contribution in [0.25, 0.3) is 0 Å². The Morgan fingerprint density at radius 3 is 2.72 bits per heavy atom. The molecule has 0 aliphatic rings. The summed E-state index contributed by atoms with van der Waals surface area (Å²) in [6.45, 7) is 5.65. The summed E-state index contributed by atoms with van der Waals surface area (Å²) < 4.78 is 13.7. The second-order valence-corrected chi connectivity index (χ2v) is 7.47. The molecule has 0 spiro atoms. The summed E-state index contributed by atoms with van der Waals surface area (Å²) in [5.41, 5.74) is 2.19. The quantitative estimate of drug-likeness (QED) is 0.317. The molecule has 1 aromatic heterocycles. The molecule has 2 rings (SSSR count). The molecule has 4 nitrogen and oxygen atoms in total. The fraction of sp³-hybridized carbons (Fsp3) is 0.412. The molecular formula is C17H23BrFIN4S. The molecule has 0 amide bonds. The second kappa shape index (κ2) is 11.1. The first-order valence-corrected chi connectivity index (χ1v) is 9.49. The Labute approximate surface area is 177 Å². The minimum absolute atomic E-state index is 0. The predicted octanol–water partition coefficient (Wildman–Crippen LogP) is 4.69. The average molecular weight is 541 g/mol. The van der Waals surface area contributed by atoms with Gasteiger partial charge >= 0.3 is 0 Å². The van der Waals surface area contributed by atoms with Gasteiger partial charge in [-0.15, -0.1) is 35.3 Å². The van der Waals surface area contributed by atoms with Crippen molar-refractivity contribution >= 4 is 57.2 Å². The molecule has 0 atom stereocenters. The van der Waals surface area contributed by atoms with E-state index in [1.165, 1.54) is 6.07 Å². The van der Waals surface area contributed by atoms with E-state index >= 15 is 0 Å². The fourth-order valence-corrected chi connectivity index (χ4v) is 3.39. The van der Waals surface area contributed by atoms with Gasteiger partial charge < -0.3 is 10.6 Å². The van der Waals surface area contributed by atoms with Gasteiger partial charge in [-0.25, -0.2) is 9.37 Å². The van der Waals surface area contributed by atoms with Crippen LogP contribution in [0.3, 0.4) is 0 Å². The van der Waals surface area contributed by atoms with Gasteiger partial charge in [-0.05, 0) is 46.0 Å². The fourth-order valence-electron chi connectivity index (χ4n) is 2.07. The highest BCUT2D eigenvalue weighted by atomic mass is 127. The highest BCUT2D eigenvalue weighted by Crippen LogP contribution is 2.18. The molecule has 0 saturated heterocycles. The molecule has 0 unspecified atom stereocenters. The van der Waals surface area contributed by atoms with Crippen molar-refractivity contribution < 1.29 is 4.39 Å². The minimum Gasteiger partial charge on any atom is -0.356 e. The number of guanidine groups is 1. The normalized spacial score (nSPS) is 11.4.